The topological polar surface area (TPSA) is 159 Å². The summed E-state index contributed by atoms with van der Waals surface area (Å²) in [6, 6.07) is -1.47. The first-order valence-electron chi connectivity index (χ1n) is 5.23. The number of carboxylic acids is 1. The molecule has 0 fully saturated rings. The highest BCUT2D eigenvalue weighted by molar-refractivity contribution is 7.91. The van der Waals surface area contributed by atoms with E-state index in [1.54, 1.807) is 0 Å². The van der Waals surface area contributed by atoms with Gasteiger partial charge in [-0.2, -0.15) is 4.72 Å². The maximum Gasteiger partial charge on any atom is 0.321 e. The van der Waals surface area contributed by atoms with Gasteiger partial charge in [0.25, 0.3) is 10.0 Å². The summed E-state index contributed by atoms with van der Waals surface area (Å²) >= 11 is 0.580. The van der Waals surface area contributed by atoms with Crippen LogP contribution in [0.15, 0.2) is 4.34 Å². The summed E-state index contributed by atoms with van der Waals surface area (Å²) in [5.74, 6) is -1.86. The summed E-state index contributed by atoms with van der Waals surface area (Å²) in [5, 5.41) is 26.5. The van der Waals surface area contributed by atoms with Crippen LogP contribution < -0.4 is 10.0 Å². The molecule has 1 atom stereocenters. The Morgan fingerprint density at radius 3 is 2.55 bits per heavy atom. The maximum absolute atomic E-state index is 11.9. The lowest BCUT2D eigenvalue weighted by Crippen LogP contribution is -2.41. The molecule has 0 aliphatic heterocycles. The highest BCUT2D eigenvalue weighted by Gasteiger charge is 2.28. The van der Waals surface area contributed by atoms with Gasteiger partial charge >= 0.3 is 5.97 Å². The zero-order chi connectivity index (χ0) is 15.3. The number of aliphatic carboxylic acids is 1. The number of aliphatic hydroxyl groups is 1. The fourth-order valence-corrected chi connectivity index (χ4v) is 3.30. The van der Waals surface area contributed by atoms with Crippen LogP contribution >= 0.6 is 11.3 Å². The van der Waals surface area contributed by atoms with E-state index in [1.165, 1.54) is 6.92 Å². The molecule has 20 heavy (non-hydrogen) atoms. The first-order chi connectivity index (χ1) is 9.26. The average molecular weight is 324 g/mol. The van der Waals surface area contributed by atoms with Crippen molar-refractivity contribution < 1.29 is 28.2 Å². The largest absolute Gasteiger partial charge is 0.480 e. The third-order valence-corrected chi connectivity index (χ3v) is 4.61. The smallest absolute Gasteiger partial charge is 0.321 e. The molecule has 12 heteroatoms. The molecule has 1 rings (SSSR count). The van der Waals surface area contributed by atoms with Crippen molar-refractivity contribution >= 4 is 38.4 Å². The predicted molar refractivity (Wildman–Crippen MR) is 67.7 cm³/mol. The van der Waals surface area contributed by atoms with E-state index in [9.17, 15) is 18.0 Å². The van der Waals surface area contributed by atoms with E-state index < -0.39 is 38.9 Å². The second-order valence-corrected chi connectivity index (χ2v) is 6.44. The van der Waals surface area contributed by atoms with Crippen LogP contribution in [-0.2, 0) is 19.6 Å². The van der Waals surface area contributed by atoms with Crippen LogP contribution in [0.25, 0.3) is 0 Å². The van der Waals surface area contributed by atoms with Crippen LogP contribution in [0.1, 0.15) is 13.3 Å². The molecule has 1 aromatic heterocycles. The van der Waals surface area contributed by atoms with Gasteiger partial charge in [-0.1, -0.05) is 11.3 Å². The lowest BCUT2D eigenvalue weighted by molar-refractivity contribution is -0.139. The Morgan fingerprint density at radius 1 is 1.40 bits per heavy atom. The monoisotopic (exact) mass is 324 g/mol. The fourth-order valence-electron chi connectivity index (χ4n) is 1.12. The van der Waals surface area contributed by atoms with Crippen molar-refractivity contribution in [2.75, 3.05) is 11.9 Å². The molecule has 1 unspecified atom stereocenters. The number of carbonyl (C=O) groups is 2. The Bertz CT molecular complexity index is 598. The molecule has 0 radical (unpaired) electrons. The third-order valence-electron chi connectivity index (χ3n) is 1.93. The number of sulfonamides is 1. The fraction of sp³-hybridized carbons (Fsp3) is 0.500. The lowest BCUT2D eigenvalue weighted by atomic mass is 10.2. The van der Waals surface area contributed by atoms with Gasteiger partial charge in [-0.05, 0) is 6.42 Å². The standard InChI is InChI=1S/C8H12N4O6S2/c1-4(14)9-7-10-11-8(19-7)20(17,18)12-5(2-3-13)6(15)16/h5,12-13H,2-3H2,1H3,(H,15,16)(H,9,10,14). The molecule has 10 nitrogen and oxygen atoms in total. The predicted octanol–water partition coefficient (Wildman–Crippen LogP) is -1.39. The number of hydrogen-bond acceptors (Lipinski definition) is 8. The number of hydrogen-bond donors (Lipinski definition) is 4. The zero-order valence-corrected chi connectivity index (χ0v) is 11.9. The molecule has 4 N–H and O–H groups in total. The van der Waals surface area contributed by atoms with Gasteiger partial charge in [0.2, 0.25) is 15.4 Å². The molecular weight excluding hydrogens is 312 g/mol. The highest BCUT2D eigenvalue weighted by Crippen LogP contribution is 2.20. The summed E-state index contributed by atoms with van der Waals surface area (Å²) in [6.45, 7) is 0.724. The van der Waals surface area contributed by atoms with Crippen LogP contribution in [-0.4, -0.2) is 53.4 Å². The van der Waals surface area contributed by atoms with Gasteiger partial charge in [-0.15, -0.1) is 10.2 Å². The van der Waals surface area contributed by atoms with Gasteiger partial charge in [-0.25, -0.2) is 8.42 Å². The van der Waals surface area contributed by atoms with E-state index in [0.29, 0.717) is 11.3 Å². The van der Waals surface area contributed by atoms with E-state index in [0.717, 1.165) is 0 Å². The quantitative estimate of drug-likeness (QED) is 0.446. The molecule has 0 aliphatic rings. The molecule has 0 aliphatic carbocycles. The SMILES string of the molecule is CC(=O)Nc1nnc(S(=O)(=O)NC(CCO)C(=O)O)s1. The van der Waals surface area contributed by atoms with Crippen LogP contribution in [0, 0.1) is 0 Å². The number of anilines is 1. The zero-order valence-electron chi connectivity index (χ0n) is 10.2. The number of nitrogens with one attached hydrogen (secondary N) is 2. The van der Waals surface area contributed by atoms with E-state index >= 15 is 0 Å². The van der Waals surface area contributed by atoms with Crippen molar-refractivity contribution in [3.05, 3.63) is 0 Å². The summed E-state index contributed by atoms with van der Waals surface area (Å²) in [7, 11) is -4.19. The number of rotatable bonds is 7. The van der Waals surface area contributed by atoms with E-state index in [1.807, 2.05) is 4.72 Å². The average Bonchev–Trinajstić information content (AvgIpc) is 2.76. The van der Waals surface area contributed by atoms with Gasteiger partial charge in [0.05, 0.1) is 0 Å². The number of aliphatic hydroxyl groups excluding tert-OH is 1. The Labute approximate surface area is 117 Å². The third kappa shape index (κ3) is 4.48. The van der Waals surface area contributed by atoms with Crippen molar-refractivity contribution in [1.82, 2.24) is 14.9 Å². The summed E-state index contributed by atoms with van der Waals surface area (Å²) < 4.78 is 25.1. The van der Waals surface area contributed by atoms with E-state index in [2.05, 4.69) is 15.5 Å². The second-order valence-electron chi connectivity index (χ2n) is 3.58. The number of amides is 1. The number of nitrogens with zero attached hydrogens (tertiary/aromatic N) is 2. The van der Waals surface area contributed by atoms with Crippen molar-refractivity contribution in [3.63, 3.8) is 0 Å². The first kappa shape index (κ1) is 16.4. The Morgan fingerprint density at radius 2 is 2.05 bits per heavy atom. The van der Waals surface area contributed by atoms with Crippen LogP contribution in [0.5, 0.6) is 0 Å². The molecule has 0 spiro atoms. The molecule has 0 aromatic carbocycles. The summed E-state index contributed by atoms with van der Waals surface area (Å²) in [5.41, 5.74) is 0. The lowest BCUT2D eigenvalue weighted by Gasteiger charge is -2.11. The van der Waals surface area contributed by atoms with Gasteiger partial charge in [0.15, 0.2) is 0 Å². The number of carbonyl (C=O) groups excluding carboxylic acids is 1. The molecule has 1 heterocycles. The van der Waals surface area contributed by atoms with Gasteiger partial charge in [0.1, 0.15) is 6.04 Å². The first-order valence-corrected chi connectivity index (χ1v) is 7.53. The van der Waals surface area contributed by atoms with Crippen LogP contribution in [0.2, 0.25) is 0 Å². The Hall–Kier alpha value is -1.63. The molecule has 1 aromatic rings. The van der Waals surface area contributed by atoms with E-state index in [-0.39, 0.29) is 11.6 Å². The molecule has 0 saturated carbocycles. The summed E-state index contributed by atoms with van der Waals surface area (Å²) in [4.78, 5) is 21.6. The van der Waals surface area contributed by atoms with Crippen molar-refractivity contribution in [3.8, 4) is 0 Å². The normalized spacial score (nSPS) is 12.9. The molecule has 0 bridgehead atoms. The van der Waals surface area contributed by atoms with Gasteiger partial charge < -0.3 is 15.5 Å². The van der Waals surface area contributed by atoms with Crippen molar-refractivity contribution in [1.29, 1.82) is 0 Å². The van der Waals surface area contributed by atoms with Crippen LogP contribution in [0.4, 0.5) is 5.13 Å². The van der Waals surface area contributed by atoms with Crippen molar-refractivity contribution in [2.45, 2.75) is 23.7 Å². The summed E-state index contributed by atoms with van der Waals surface area (Å²) in [6.07, 6.45) is -0.286. The molecular formula is C8H12N4O6S2. The Balaban J connectivity index is 2.90. The molecule has 112 valence electrons. The molecule has 0 saturated heterocycles. The number of carboxylic acid groups (broad SMARTS) is 1. The minimum atomic E-state index is -4.19. The van der Waals surface area contributed by atoms with E-state index in [4.69, 9.17) is 10.2 Å². The van der Waals surface area contributed by atoms with Crippen LogP contribution in [0.3, 0.4) is 0 Å². The maximum atomic E-state index is 11.9. The second kappa shape index (κ2) is 6.69. The highest BCUT2D eigenvalue weighted by atomic mass is 32.2. The molecule has 1 amide bonds. The van der Waals surface area contributed by atoms with Gasteiger partial charge in [0, 0.05) is 13.5 Å². The minimum absolute atomic E-state index is 0.0214. The number of aromatic nitrogens is 2. The minimum Gasteiger partial charge on any atom is -0.480 e. The Kier molecular flexibility index (Phi) is 5.50. The van der Waals surface area contributed by atoms with Gasteiger partial charge in [-0.3, -0.25) is 9.59 Å². The van der Waals surface area contributed by atoms with Crippen molar-refractivity contribution in [2.24, 2.45) is 0 Å².